The molecule has 0 aromatic heterocycles. The lowest BCUT2D eigenvalue weighted by Crippen LogP contribution is -2.29. The van der Waals surface area contributed by atoms with E-state index in [1.165, 1.54) is 12.8 Å². The van der Waals surface area contributed by atoms with E-state index in [1.54, 1.807) is 0 Å². The van der Waals surface area contributed by atoms with Crippen molar-refractivity contribution < 1.29 is 4.79 Å². The van der Waals surface area contributed by atoms with E-state index in [9.17, 15) is 4.79 Å². The lowest BCUT2D eigenvalue weighted by atomic mass is 10.2. The maximum Gasteiger partial charge on any atom is 0.238 e. The molecule has 0 heterocycles. The SMILES string of the molecule is Cc1ccc(I)cc1NC(=O)CNC1CC1. The third-order valence-corrected chi connectivity index (χ3v) is 3.27. The van der Waals surface area contributed by atoms with E-state index in [0.717, 1.165) is 14.8 Å². The van der Waals surface area contributed by atoms with E-state index in [4.69, 9.17) is 0 Å². The molecule has 0 bridgehead atoms. The fourth-order valence-electron chi connectivity index (χ4n) is 1.45. The lowest BCUT2D eigenvalue weighted by molar-refractivity contribution is -0.115. The van der Waals surface area contributed by atoms with Crippen LogP contribution in [0.2, 0.25) is 0 Å². The van der Waals surface area contributed by atoms with Gasteiger partial charge in [-0.3, -0.25) is 4.79 Å². The number of hydrogen-bond acceptors (Lipinski definition) is 2. The Hall–Kier alpha value is -0.620. The minimum atomic E-state index is 0.0389. The third-order valence-electron chi connectivity index (χ3n) is 2.60. The first-order chi connectivity index (χ1) is 7.65. The smallest absolute Gasteiger partial charge is 0.238 e. The van der Waals surface area contributed by atoms with Crippen LogP contribution in [0.1, 0.15) is 18.4 Å². The molecule has 86 valence electrons. The van der Waals surface area contributed by atoms with Gasteiger partial charge in [0.25, 0.3) is 0 Å². The highest BCUT2D eigenvalue weighted by Gasteiger charge is 2.21. The van der Waals surface area contributed by atoms with E-state index in [-0.39, 0.29) is 5.91 Å². The predicted molar refractivity (Wildman–Crippen MR) is 73.6 cm³/mol. The summed E-state index contributed by atoms with van der Waals surface area (Å²) in [4.78, 5) is 11.6. The highest BCUT2D eigenvalue weighted by Crippen LogP contribution is 2.19. The summed E-state index contributed by atoms with van der Waals surface area (Å²) < 4.78 is 1.13. The Balaban J connectivity index is 1.91. The van der Waals surface area contributed by atoms with Gasteiger partial charge in [0.05, 0.1) is 6.54 Å². The minimum absolute atomic E-state index is 0.0389. The number of hydrogen-bond donors (Lipinski definition) is 2. The Morgan fingerprint density at radius 3 is 2.94 bits per heavy atom. The van der Waals surface area contributed by atoms with Gasteiger partial charge in [-0.05, 0) is 60.1 Å². The van der Waals surface area contributed by atoms with E-state index in [1.807, 2.05) is 25.1 Å². The molecule has 0 atom stereocenters. The Bertz CT molecular complexity index is 402. The largest absolute Gasteiger partial charge is 0.325 e. The van der Waals surface area contributed by atoms with Gasteiger partial charge < -0.3 is 10.6 Å². The summed E-state index contributed by atoms with van der Waals surface area (Å²) in [7, 11) is 0. The van der Waals surface area contributed by atoms with Gasteiger partial charge in [0.15, 0.2) is 0 Å². The fourth-order valence-corrected chi connectivity index (χ4v) is 1.94. The quantitative estimate of drug-likeness (QED) is 0.832. The first-order valence-corrected chi connectivity index (χ1v) is 6.52. The second-order valence-electron chi connectivity index (χ2n) is 4.16. The molecule has 1 amide bonds. The van der Waals surface area contributed by atoms with Gasteiger partial charge in [-0.25, -0.2) is 0 Å². The fraction of sp³-hybridized carbons (Fsp3) is 0.417. The van der Waals surface area contributed by atoms with Gasteiger partial charge >= 0.3 is 0 Å². The van der Waals surface area contributed by atoms with Crippen LogP contribution in [0.5, 0.6) is 0 Å². The Morgan fingerprint density at radius 1 is 1.50 bits per heavy atom. The monoisotopic (exact) mass is 330 g/mol. The van der Waals surface area contributed by atoms with E-state index in [2.05, 4.69) is 33.2 Å². The molecule has 0 radical (unpaired) electrons. The summed E-state index contributed by atoms with van der Waals surface area (Å²) >= 11 is 2.24. The van der Waals surface area contributed by atoms with Crippen molar-refractivity contribution in [2.75, 3.05) is 11.9 Å². The Morgan fingerprint density at radius 2 is 2.25 bits per heavy atom. The van der Waals surface area contributed by atoms with Crippen LogP contribution in [0.25, 0.3) is 0 Å². The van der Waals surface area contributed by atoms with Crippen molar-refractivity contribution in [3.63, 3.8) is 0 Å². The summed E-state index contributed by atoms with van der Waals surface area (Å²) in [6.07, 6.45) is 2.41. The molecule has 1 aliphatic carbocycles. The maximum absolute atomic E-state index is 11.6. The van der Waals surface area contributed by atoms with Gasteiger partial charge in [-0.2, -0.15) is 0 Å². The van der Waals surface area contributed by atoms with Crippen molar-refractivity contribution in [1.29, 1.82) is 0 Å². The molecule has 2 rings (SSSR count). The highest BCUT2D eigenvalue weighted by atomic mass is 127. The second-order valence-corrected chi connectivity index (χ2v) is 5.41. The van der Waals surface area contributed by atoms with Crippen LogP contribution in [0.4, 0.5) is 5.69 Å². The number of amides is 1. The Kier molecular flexibility index (Phi) is 3.81. The molecule has 2 N–H and O–H groups in total. The number of halogens is 1. The van der Waals surface area contributed by atoms with E-state index >= 15 is 0 Å². The summed E-state index contributed by atoms with van der Waals surface area (Å²) in [5, 5.41) is 6.12. The lowest BCUT2D eigenvalue weighted by Gasteiger charge is -2.09. The molecule has 0 saturated heterocycles. The van der Waals surface area contributed by atoms with Gasteiger partial charge in [0.1, 0.15) is 0 Å². The standard InChI is InChI=1S/C12H15IN2O/c1-8-2-3-9(13)6-11(8)15-12(16)7-14-10-4-5-10/h2-3,6,10,14H,4-5,7H2,1H3,(H,15,16). The average Bonchev–Trinajstić information content (AvgIpc) is 3.04. The van der Waals surface area contributed by atoms with Gasteiger partial charge in [-0.15, -0.1) is 0 Å². The molecule has 1 aliphatic rings. The molecule has 1 saturated carbocycles. The van der Waals surface area contributed by atoms with Crippen LogP contribution in [0, 0.1) is 10.5 Å². The highest BCUT2D eigenvalue weighted by molar-refractivity contribution is 14.1. The third kappa shape index (κ3) is 3.45. The van der Waals surface area contributed by atoms with Crippen molar-refractivity contribution in [3.8, 4) is 0 Å². The molecule has 3 nitrogen and oxygen atoms in total. The molecular weight excluding hydrogens is 315 g/mol. The van der Waals surface area contributed by atoms with E-state index < -0.39 is 0 Å². The molecule has 0 spiro atoms. The van der Waals surface area contributed by atoms with Crippen molar-refractivity contribution in [1.82, 2.24) is 5.32 Å². The van der Waals surface area contributed by atoms with Gasteiger partial charge in [0, 0.05) is 15.3 Å². The molecule has 0 unspecified atom stereocenters. The summed E-state index contributed by atoms with van der Waals surface area (Å²) in [6.45, 7) is 2.41. The molecule has 4 heteroatoms. The first kappa shape index (κ1) is 11.9. The predicted octanol–water partition coefficient (Wildman–Crippen LogP) is 2.29. The van der Waals surface area contributed by atoms with Gasteiger partial charge in [-0.1, -0.05) is 6.07 Å². The van der Waals surface area contributed by atoms with Crippen LogP contribution in [-0.4, -0.2) is 18.5 Å². The number of aryl methyl sites for hydroxylation is 1. The van der Waals surface area contributed by atoms with Crippen molar-refractivity contribution in [2.24, 2.45) is 0 Å². The number of rotatable bonds is 4. The molecule has 1 aromatic rings. The van der Waals surface area contributed by atoms with Crippen molar-refractivity contribution in [2.45, 2.75) is 25.8 Å². The summed E-state index contributed by atoms with van der Waals surface area (Å²) in [5.74, 6) is 0.0389. The number of anilines is 1. The number of nitrogens with one attached hydrogen (secondary N) is 2. The molecular formula is C12H15IN2O. The topological polar surface area (TPSA) is 41.1 Å². The van der Waals surface area contributed by atoms with Crippen LogP contribution in [-0.2, 0) is 4.79 Å². The summed E-state index contributed by atoms with van der Waals surface area (Å²) in [5.41, 5.74) is 2.01. The average molecular weight is 330 g/mol. The number of benzene rings is 1. The van der Waals surface area contributed by atoms with E-state index in [0.29, 0.717) is 12.6 Å². The zero-order valence-electron chi connectivity index (χ0n) is 9.22. The number of carbonyl (C=O) groups excluding carboxylic acids is 1. The molecule has 0 aliphatic heterocycles. The molecule has 1 fully saturated rings. The molecule has 1 aromatic carbocycles. The zero-order chi connectivity index (χ0) is 11.5. The summed E-state index contributed by atoms with van der Waals surface area (Å²) in [6, 6.07) is 6.62. The zero-order valence-corrected chi connectivity index (χ0v) is 11.4. The Labute approximate surface area is 109 Å². The van der Waals surface area contributed by atoms with Crippen LogP contribution in [0.3, 0.4) is 0 Å². The van der Waals surface area contributed by atoms with Crippen molar-refractivity contribution in [3.05, 3.63) is 27.3 Å². The number of carbonyl (C=O) groups is 1. The maximum atomic E-state index is 11.6. The van der Waals surface area contributed by atoms with Crippen LogP contribution >= 0.6 is 22.6 Å². The van der Waals surface area contributed by atoms with Gasteiger partial charge in [0.2, 0.25) is 5.91 Å². The normalized spacial score (nSPS) is 14.9. The van der Waals surface area contributed by atoms with Crippen LogP contribution in [0.15, 0.2) is 18.2 Å². The second kappa shape index (κ2) is 5.14. The van der Waals surface area contributed by atoms with Crippen molar-refractivity contribution >= 4 is 34.2 Å². The van der Waals surface area contributed by atoms with Crippen LogP contribution < -0.4 is 10.6 Å². The first-order valence-electron chi connectivity index (χ1n) is 5.44. The minimum Gasteiger partial charge on any atom is -0.325 e. The molecule has 16 heavy (non-hydrogen) atoms.